The summed E-state index contributed by atoms with van der Waals surface area (Å²) in [6.07, 6.45) is 1.48. The molecule has 110 heavy (non-hydrogen) atoms. The van der Waals surface area contributed by atoms with E-state index in [2.05, 4.69) is 48.5 Å². The topological polar surface area (TPSA) is 275 Å². The third-order valence-electron chi connectivity index (χ3n) is 25.9. The fraction of sp³-hybridized carbons (Fsp3) is 0.221. The molecular weight excluding hydrogens is 1380 g/mol. The lowest BCUT2D eigenvalue weighted by Gasteiger charge is -2.51. The predicted octanol–water partition coefficient (Wildman–Crippen LogP) is 9.25. The number of nitrogens with zero attached hydrogens (tertiary/aromatic N) is 1. The standard InChI is InChI=1S/C21H19NO2.C21H14O2.2C18H14O4.C17H14O2/c1-2-11-22-20(23)18-16-12-7-3-4-8-13(12)17(19(18)21(22)24)15-10-6-5-9-14(15)16;22-20(23)21-16-10-4-1-7-13(16)19(14-8-2-5-11-17(14)21)15-9-3-6-12-18(15)21;2*19-17(20)15-13-9-5-1-2-6-10(9)14(16(15)18(21)22)12-8-4-3-7-11(12)13;18-17(19)15-9-14-10-5-1-3-7-12(10)16(15)13-8-4-2-6-11(13)14/h3-10,16-19H,2,11H2,1H3;1-12,19H,(H,22,23);2*1-8,13-16H,(H,19,20)(H,21,22);1-8,14-16H,9H2,(H,18,19)/p-5. The summed E-state index contributed by atoms with van der Waals surface area (Å²) in [6.45, 7) is 2.55. The van der Waals surface area contributed by atoms with Crippen molar-refractivity contribution in [1.82, 2.24) is 4.90 Å². The highest BCUT2D eigenvalue weighted by molar-refractivity contribution is 6.08. The fourth-order valence-corrected chi connectivity index (χ4v) is 22.1. The van der Waals surface area contributed by atoms with E-state index in [1.165, 1.54) is 49.4 Å². The molecular formula is C95H70NO14-5. The van der Waals surface area contributed by atoms with Crippen LogP contribution >= 0.6 is 0 Å². The molecule has 0 spiro atoms. The summed E-state index contributed by atoms with van der Waals surface area (Å²) in [5.41, 5.74) is 21.7. The minimum absolute atomic E-state index is 0.0192. The smallest absolute Gasteiger partial charge is 0.308 e. The van der Waals surface area contributed by atoms with E-state index in [4.69, 9.17) is 0 Å². The summed E-state index contributed by atoms with van der Waals surface area (Å²) in [4.78, 5) is 98.4. The summed E-state index contributed by atoms with van der Waals surface area (Å²) in [5, 5.41) is 68.7. The quantitative estimate of drug-likeness (QED) is 0.139. The first kappa shape index (κ1) is 69.1. The lowest BCUT2D eigenvalue weighted by Crippen LogP contribution is -2.54. The van der Waals surface area contributed by atoms with Gasteiger partial charge in [-0.3, -0.25) is 19.3 Å². The Labute approximate surface area is 633 Å². The maximum atomic E-state index is 13.1. The number of fused-ring (bicyclic) bond motifs is 3. The second kappa shape index (κ2) is 26.7. The molecule has 7 atom stereocenters. The van der Waals surface area contributed by atoms with Crippen molar-refractivity contribution in [3.63, 3.8) is 0 Å². The van der Waals surface area contributed by atoms with E-state index in [0.717, 1.165) is 84.3 Å². The molecule has 1 fully saturated rings. The van der Waals surface area contributed by atoms with E-state index in [-0.39, 0.29) is 53.2 Å². The van der Waals surface area contributed by atoms with E-state index >= 15 is 0 Å². The van der Waals surface area contributed by atoms with Gasteiger partial charge in [0.05, 0.1) is 29.1 Å². The number of hydrogen-bond acceptors (Lipinski definition) is 13. The lowest BCUT2D eigenvalue weighted by molar-refractivity contribution is -0.328. The summed E-state index contributed by atoms with van der Waals surface area (Å²) in [5.74, 6) is -13.5. The molecule has 0 radical (unpaired) electrons. The zero-order valence-electron chi connectivity index (χ0n) is 59.5. The number of benzene rings is 11. The van der Waals surface area contributed by atoms with Crippen LogP contribution in [0.3, 0.4) is 0 Å². The number of aliphatic carboxylic acids is 6. The lowest BCUT2D eigenvalue weighted by atomic mass is 9.53. The molecule has 15 aliphatic carbocycles. The number of carboxylic acid groups (broad SMARTS) is 6. The van der Waals surface area contributed by atoms with Crippen molar-refractivity contribution in [3.05, 3.63) is 389 Å². The first-order valence-electron chi connectivity index (χ1n) is 37.6. The zero-order chi connectivity index (χ0) is 75.9. The van der Waals surface area contributed by atoms with Gasteiger partial charge in [-0.2, -0.15) is 0 Å². The average Bonchev–Trinajstić information content (AvgIpc) is 0.858. The van der Waals surface area contributed by atoms with Gasteiger partial charge < -0.3 is 54.6 Å². The first-order chi connectivity index (χ1) is 53.5. The van der Waals surface area contributed by atoms with E-state index < -0.39 is 94.5 Å². The van der Waals surface area contributed by atoms with E-state index in [1.54, 1.807) is 0 Å². The van der Waals surface area contributed by atoms with Crippen molar-refractivity contribution in [2.24, 2.45) is 41.4 Å². The van der Waals surface area contributed by atoms with Gasteiger partial charge in [-0.15, -0.1) is 0 Å². The molecule has 16 aliphatic rings. The van der Waals surface area contributed by atoms with Gasteiger partial charge >= 0.3 is 5.97 Å². The first-order valence-corrected chi connectivity index (χ1v) is 37.6. The van der Waals surface area contributed by atoms with Gasteiger partial charge in [0.1, 0.15) is 0 Å². The van der Waals surface area contributed by atoms with E-state index in [1.807, 2.05) is 225 Å². The van der Waals surface area contributed by atoms with Gasteiger partial charge in [-0.05, 0) is 135 Å². The number of likely N-dealkylation sites (tertiary alicyclic amines) is 1. The van der Waals surface area contributed by atoms with Crippen LogP contribution in [-0.4, -0.2) is 64.2 Å². The predicted molar refractivity (Wildman–Crippen MR) is 395 cm³/mol. The van der Waals surface area contributed by atoms with Crippen molar-refractivity contribution >= 4 is 47.6 Å². The molecule has 11 aromatic rings. The fourth-order valence-electron chi connectivity index (χ4n) is 22.1. The van der Waals surface area contributed by atoms with Crippen molar-refractivity contribution in [3.8, 4) is 0 Å². The van der Waals surface area contributed by atoms with Gasteiger partial charge in [0.25, 0.3) is 0 Å². The molecule has 27 rings (SSSR count). The Hall–Kier alpha value is -12.6. The summed E-state index contributed by atoms with van der Waals surface area (Å²) in [6, 6.07) is 86.8. The van der Waals surface area contributed by atoms with Gasteiger partial charge in [0.15, 0.2) is 0 Å². The second-order valence-electron chi connectivity index (χ2n) is 30.6. The molecule has 0 aromatic heterocycles. The van der Waals surface area contributed by atoms with Crippen molar-refractivity contribution in [2.45, 2.75) is 78.4 Å². The Morgan fingerprint density at radius 2 is 0.564 bits per heavy atom. The SMILES string of the molecule is CCCN1C(=O)C2C3c4ccccc4C(c4ccccc43)C2C1=O.O=C([O-])C12c3ccccc3C(c3ccccc31)c1ccccc12.O=C([O-])C1C2c3ccccc3C(c3ccccc32)C1C(=O)O.O=C([O-])C1C2c3ccccc3C(c3ccccc32)C1C(=O)[O-].O=C([O-])C1CC2c3ccccc3C1c1ccccc12. The number of hydrogen-bond donors (Lipinski definition) is 1. The van der Waals surface area contributed by atoms with Crippen LogP contribution < -0.4 is 25.5 Å². The number of carbonyl (C=O) groups excluding carboxylic acids is 7. The minimum atomic E-state index is -1.33. The van der Waals surface area contributed by atoms with Crippen LogP contribution in [0.25, 0.3) is 0 Å². The number of rotatable bonds is 8. The number of carboxylic acids is 6. The molecule has 10 bridgehead atoms. The van der Waals surface area contributed by atoms with Gasteiger partial charge in [-0.25, -0.2) is 0 Å². The Morgan fingerprint density at radius 1 is 0.327 bits per heavy atom. The summed E-state index contributed by atoms with van der Waals surface area (Å²) >= 11 is 0. The number of amides is 2. The van der Waals surface area contributed by atoms with Crippen LogP contribution in [0.5, 0.6) is 0 Å². The maximum absolute atomic E-state index is 13.1. The largest absolute Gasteiger partial charge is 0.550 e. The number of carbonyl (C=O) groups is 8. The minimum Gasteiger partial charge on any atom is -0.550 e. The van der Waals surface area contributed by atoms with Gasteiger partial charge in [-0.1, -0.05) is 274 Å². The van der Waals surface area contributed by atoms with Crippen LogP contribution in [-0.2, 0) is 43.8 Å². The van der Waals surface area contributed by atoms with Crippen molar-refractivity contribution in [1.29, 1.82) is 0 Å². The second-order valence-corrected chi connectivity index (χ2v) is 30.6. The molecule has 11 aromatic carbocycles. The zero-order valence-corrected chi connectivity index (χ0v) is 59.5. The summed E-state index contributed by atoms with van der Waals surface area (Å²) < 4.78 is 0. The third kappa shape index (κ3) is 10.0. The van der Waals surface area contributed by atoms with E-state index in [0.29, 0.717) is 13.0 Å². The third-order valence-corrected chi connectivity index (χ3v) is 25.9. The number of imide groups is 1. The molecule has 544 valence electrons. The monoisotopic (exact) mass is 1450 g/mol. The van der Waals surface area contributed by atoms with Crippen LogP contribution in [0.1, 0.15) is 195 Å². The highest BCUT2D eigenvalue weighted by Gasteiger charge is 2.62. The molecule has 2 amide bonds. The molecule has 7 unspecified atom stereocenters. The van der Waals surface area contributed by atoms with Gasteiger partial charge in [0, 0.05) is 107 Å². The van der Waals surface area contributed by atoms with Crippen LogP contribution in [0.15, 0.2) is 267 Å². The van der Waals surface area contributed by atoms with Crippen LogP contribution in [0.2, 0.25) is 0 Å². The molecule has 1 saturated heterocycles. The summed E-state index contributed by atoms with van der Waals surface area (Å²) in [7, 11) is 0. The Morgan fingerprint density at radius 3 is 0.818 bits per heavy atom. The highest BCUT2D eigenvalue weighted by Crippen LogP contribution is 2.64. The maximum Gasteiger partial charge on any atom is 0.308 e. The van der Waals surface area contributed by atoms with E-state index in [9.17, 15) is 69.0 Å². The average molecular weight is 1450 g/mol. The highest BCUT2D eigenvalue weighted by atomic mass is 16.4. The van der Waals surface area contributed by atoms with Gasteiger partial charge in [0.2, 0.25) is 11.8 Å². The Balaban J connectivity index is 0.0000000966. The molecule has 1 N–H and O–H groups in total. The van der Waals surface area contributed by atoms with Crippen molar-refractivity contribution < 1.29 is 69.0 Å². The normalized spacial score (nSPS) is 26.9. The Bertz CT molecular complexity index is 5080. The Kier molecular flexibility index (Phi) is 16.8. The molecule has 1 heterocycles. The molecule has 15 nitrogen and oxygen atoms in total. The van der Waals surface area contributed by atoms with Crippen LogP contribution in [0.4, 0.5) is 0 Å². The van der Waals surface area contributed by atoms with Crippen molar-refractivity contribution in [2.75, 3.05) is 6.54 Å². The molecule has 1 aliphatic heterocycles. The molecule has 15 heteroatoms. The van der Waals surface area contributed by atoms with Crippen LogP contribution in [0, 0.1) is 41.4 Å². The molecule has 0 saturated carbocycles.